The molecule has 0 aliphatic rings. The van der Waals surface area contributed by atoms with Crippen molar-refractivity contribution in [2.75, 3.05) is 5.43 Å². The number of nitrogens with one attached hydrogen (secondary N) is 1. The lowest BCUT2D eigenvalue weighted by Crippen LogP contribution is -2.13. The molecule has 5 nitrogen and oxygen atoms in total. The van der Waals surface area contributed by atoms with Crippen molar-refractivity contribution in [2.24, 2.45) is 5.84 Å². The van der Waals surface area contributed by atoms with Crippen molar-refractivity contribution < 1.29 is 4.74 Å². The summed E-state index contributed by atoms with van der Waals surface area (Å²) in [5.74, 6) is 7.36. The van der Waals surface area contributed by atoms with E-state index in [4.69, 9.17) is 10.6 Å². The number of hydrazine groups is 1. The van der Waals surface area contributed by atoms with E-state index >= 15 is 0 Å². The molecule has 0 fully saturated rings. The van der Waals surface area contributed by atoms with Crippen LogP contribution in [-0.2, 0) is 13.0 Å². The number of rotatable bonds is 5. The summed E-state index contributed by atoms with van der Waals surface area (Å²) in [6, 6.07) is 4.03. The highest BCUT2D eigenvalue weighted by Gasteiger charge is 2.10. The summed E-state index contributed by atoms with van der Waals surface area (Å²) >= 11 is 1.66. The zero-order chi connectivity index (χ0) is 13.0. The van der Waals surface area contributed by atoms with E-state index < -0.39 is 0 Å². The van der Waals surface area contributed by atoms with Crippen LogP contribution in [0.1, 0.15) is 23.2 Å². The van der Waals surface area contributed by atoms with Crippen molar-refractivity contribution >= 4 is 17.2 Å². The second-order valence-corrected chi connectivity index (χ2v) is 4.82. The van der Waals surface area contributed by atoms with Gasteiger partial charge in [-0.1, -0.05) is 13.0 Å². The molecule has 2 rings (SSSR count). The highest BCUT2D eigenvalue weighted by molar-refractivity contribution is 7.09. The third-order valence-electron chi connectivity index (χ3n) is 2.53. The minimum atomic E-state index is 0.517. The number of nitrogens with zero attached hydrogens (tertiary/aromatic N) is 2. The molecule has 0 unspecified atom stereocenters. The van der Waals surface area contributed by atoms with Crippen LogP contribution in [-0.4, -0.2) is 9.97 Å². The molecular formula is C12H16N4OS. The molecular weight excluding hydrogens is 248 g/mol. The predicted octanol–water partition coefficient (Wildman–Crippen LogP) is 2.27. The van der Waals surface area contributed by atoms with E-state index in [9.17, 15) is 0 Å². The van der Waals surface area contributed by atoms with Gasteiger partial charge in [-0.05, 0) is 18.4 Å². The number of aryl methyl sites for hydroxylation is 1. The second kappa shape index (κ2) is 5.79. The van der Waals surface area contributed by atoms with Gasteiger partial charge >= 0.3 is 0 Å². The lowest BCUT2D eigenvalue weighted by Gasteiger charge is -2.11. The average Bonchev–Trinajstić information content (AvgIpc) is 2.90. The molecule has 0 aliphatic carbocycles. The van der Waals surface area contributed by atoms with Gasteiger partial charge in [0.05, 0.1) is 5.56 Å². The van der Waals surface area contributed by atoms with Crippen molar-refractivity contribution in [3.63, 3.8) is 0 Å². The van der Waals surface area contributed by atoms with Crippen molar-refractivity contribution in [2.45, 2.75) is 26.9 Å². The molecule has 0 bridgehead atoms. The van der Waals surface area contributed by atoms with Crippen LogP contribution >= 0.6 is 11.3 Å². The largest absolute Gasteiger partial charge is 0.472 e. The first-order valence-electron chi connectivity index (χ1n) is 5.74. The maximum Gasteiger partial charge on any atom is 0.222 e. The van der Waals surface area contributed by atoms with Gasteiger partial charge in [0, 0.05) is 11.3 Å². The third kappa shape index (κ3) is 2.77. The quantitative estimate of drug-likeness (QED) is 0.640. The fourth-order valence-corrected chi connectivity index (χ4v) is 2.13. The van der Waals surface area contributed by atoms with Crippen LogP contribution in [0.2, 0.25) is 0 Å². The number of nitrogens with two attached hydrogens (primary N) is 1. The smallest absolute Gasteiger partial charge is 0.222 e. The van der Waals surface area contributed by atoms with E-state index in [2.05, 4.69) is 15.4 Å². The van der Waals surface area contributed by atoms with Crippen LogP contribution < -0.4 is 16.0 Å². The number of hydrogen-bond acceptors (Lipinski definition) is 6. The summed E-state index contributed by atoms with van der Waals surface area (Å²) in [5.41, 5.74) is 3.40. The van der Waals surface area contributed by atoms with Gasteiger partial charge in [-0.25, -0.2) is 10.8 Å². The zero-order valence-corrected chi connectivity index (χ0v) is 11.3. The fourth-order valence-electron chi connectivity index (χ4n) is 1.51. The zero-order valence-electron chi connectivity index (χ0n) is 10.4. The SMILES string of the molecule is CCc1nc(NN)c(C)c(OCc2cccs2)n1. The number of aromatic nitrogens is 2. The van der Waals surface area contributed by atoms with Crippen molar-refractivity contribution in [1.29, 1.82) is 0 Å². The van der Waals surface area contributed by atoms with E-state index in [-0.39, 0.29) is 0 Å². The Hall–Kier alpha value is -1.66. The molecule has 0 saturated heterocycles. The minimum Gasteiger partial charge on any atom is -0.472 e. The Balaban J connectivity index is 2.20. The van der Waals surface area contributed by atoms with Crippen LogP contribution in [0, 0.1) is 6.92 Å². The maximum absolute atomic E-state index is 5.73. The van der Waals surface area contributed by atoms with E-state index in [1.165, 1.54) is 0 Å². The van der Waals surface area contributed by atoms with Crippen molar-refractivity contribution in [1.82, 2.24) is 9.97 Å². The van der Waals surface area contributed by atoms with E-state index in [0.717, 1.165) is 22.7 Å². The molecule has 2 heterocycles. The molecule has 0 aromatic carbocycles. The summed E-state index contributed by atoms with van der Waals surface area (Å²) in [4.78, 5) is 9.83. The predicted molar refractivity (Wildman–Crippen MR) is 72.6 cm³/mol. The number of hydrogen-bond donors (Lipinski definition) is 2. The molecule has 0 atom stereocenters. The second-order valence-electron chi connectivity index (χ2n) is 3.78. The van der Waals surface area contributed by atoms with Crippen molar-refractivity contribution in [3.05, 3.63) is 33.8 Å². The first-order chi connectivity index (χ1) is 8.74. The maximum atomic E-state index is 5.73. The molecule has 0 amide bonds. The molecule has 0 aliphatic heterocycles. The molecule has 2 aromatic rings. The van der Waals surface area contributed by atoms with Crippen LogP contribution in [0.25, 0.3) is 0 Å². The van der Waals surface area contributed by atoms with Crippen molar-refractivity contribution in [3.8, 4) is 5.88 Å². The van der Waals surface area contributed by atoms with Gasteiger partial charge in [0.1, 0.15) is 18.2 Å². The van der Waals surface area contributed by atoms with E-state index in [1.54, 1.807) is 11.3 Å². The molecule has 0 spiro atoms. The molecule has 96 valence electrons. The Morgan fingerprint density at radius 1 is 1.44 bits per heavy atom. The monoisotopic (exact) mass is 264 g/mol. The molecule has 2 aromatic heterocycles. The Morgan fingerprint density at radius 2 is 2.28 bits per heavy atom. The highest BCUT2D eigenvalue weighted by Crippen LogP contribution is 2.23. The molecule has 18 heavy (non-hydrogen) atoms. The molecule has 3 N–H and O–H groups in total. The Bertz CT molecular complexity index is 513. The van der Waals surface area contributed by atoms with Gasteiger partial charge in [0.2, 0.25) is 5.88 Å². The lowest BCUT2D eigenvalue weighted by molar-refractivity contribution is 0.293. The Labute approximate surface area is 110 Å². The van der Waals surface area contributed by atoms with Crippen LogP contribution in [0.4, 0.5) is 5.82 Å². The Kier molecular flexibility index (Phi) is 4.11. The summed E-state index contributed by atoms with van der Waals surface area (Å²) < 4.78 is 5.73. The number of thiophene rings is 1. The van der Waals surface area contributed by atoms with Gasteiger partial charge in [0.15, 0.2) is 0 Å². The van der Waals surface area contributed by atoms with Crippen LogP contribution in [0.3, 0.4) is 0 Å². The number of nitrogen functional groups attached to an aromatic ring is 1. The van der Waals surface area contributed by atoms with Gasteiger partial charge in [0.25, 0.3) is 0 Å². The summed E-state index contributed by atoms with van der Waals surface area (Å²) in [5, 5.41) is 2.02. The highest BCUT2D eigenvalue weighted by atomic mass is 32.1. The lowest BCUT2D eigenvalue weighted by atomic mass is 10.3. The number of ether oxygens (including phenoxy) is 1. The normalized spacial score (nSPS) is 10.4. The van der Waals surface area contributed by atoms with Gasteiger partial charge < -0.3 is 10.2 Å². The fraction of sp³-hybridized carbons (Fsp3) is 0.333. The Morgan fingerprint density at radius 3 is 2.89 bits per heavy atom. The average molecular weight is 264 g/mol. The van der Waals surface area contributed by atoms with Gasteiger partial charge in [-0.15, -0.1) is 11.3 Å². The first kappa shape index (κ1) is 12.8. The minimum absolute atomic E-state index is 0.517. The summed E-state index contributed by atoms with van der Waals surface area (Å²) in [6.45, 7) is 4.40. The summed E-state index contributed by atoms with van der Waals surface area (Å²) in [6.07, 6.45) is 0.740. The van der Waals surface area contributed by atoms with Crippen LogP contribution in [0.15, 0.2) is 17.5 Å². The van der Waals surface area contributed by atoms with E-state index in [1.807, 2.05) is 31.4 Å². The molecule has 0 saturated carbocycles. The first-order valence-corrected chi connectivity index (χ1v) is 6.61. The van der Waals surface area contributed by atoms with Gasteiger partial charge in [-0.2, -0.15) is 4.98 Å². The van der Waals surface area contributed by atoms with Gasteiger partial charge in [-0.3, -0.25) is 0 Å². The number of anilines is 1. The van der Waals surface area contributed by atoms with E-state index in [0.29, 0.717) is 18.3 Å². The standard InChI is InChI=1S/C12H16N4OS/c1-3-10-14-11(16-13)8(2)12(15-10)17-7-9-5-4-6-18-9/h4-6H,3,7,13H2,1-2H3,(H,14,15,16). The van der Waals surface area contributed by atoms with Crippen LogP contribution in [0.5, 0.6) is 5.88 Å². The molecule has 0 radical (unpaired) electrons. The third-order valence-corrected chi connectivity index (χ3v) is 3.38. The topological polar surface area (TPSA) is 73.1 Å². The summed E-state index contributed by atoms with van der Waals surface area (Å²) in [7, 11) is 0. The molecule has 6 heteroatoms.